The fourth-order valence-corrected chi connectivity index (χ4v) is 3.83. The standard InChI is InChI=1S/C16H22N2O3/c1-19-13-7-15-14(20-11-21-15)6-12(13)8-18-5-3-16(10-18)2-4-17-9-16/h6-7,17H,2-5,8-11H2,1H3. The van der Waals surface area contributed by atoms with Crippen LogP contribution < -0.4 is 19.5 Å². The summed E-state index contributed by atoms with van der Waals surface area (Å²) in [6.45, 7) is 5.90. The Hall–Kier alpha value is -1.46. The molecular weight excluding hydrogens is 268 g/mol. The summed E-state index contributed by atoms with van der Waals surface area (Å²) in [5, 5.41) is 3.51. The fourth-order valence-electron chi connectivity index (χ4n) is 3.83. The molecule has 1 unspecified atom stereocenters. The molecule has 3 aliphatic rings. The number of hydrogen-bond donors (Lipinski definition) is 1. The van der Waals surface area contributed by atoms with Crippen molar-refractivity contribution >= 4 is 0 Å². The van der Waals surface area contributed by atoms with Crippen LogP contribution in [0.5, 0.6) is 17.2 Å². The molecule has 1 aromatic carbocycles. The van der Waals surface area contributed by atoms with Gasteiger partial charge in [0.25, 0.3) is 0 Å². The van der Waals surface area contributed by atoms with Crippen molar-refractivity contribution in [3.8, 4) is 17.2 Å². The molecule has 5 heteroatoms. The molecule has 114 valence electrons. The van der Waals surface area contributed by atoms with Crippen LogP contribution in [0, 0.1) is 5.41 Å². The van der Waals surface area contributed by atoms with E-state index in [0.717, 1.165) is 23.8 Å². The molecule has 3 aliphatic heterocycles. The summed E-state index contributed by atoms with van der Waals surface area (Å²) in [4.78, 5) is 2.53. The Morgan fingerprint density at radius 3 is 2.90 bits per heavy atom. The van der Waals surface area contributed by atoms with E-state index in [-0.39, 0.29) is 0 Å². The maximum Gasteiger partial charge on any atom is 0.231 e. The Morgan fingerprint density at radius 1 is 1.29 bits per heavy atom. The molecule has 0 radical (unpaired) electrons. The van der Waals surface area contributed by atoms with Gasteiger partial charge in [-0.05, 0) is 37.4 Å². The first-order chi connectivity index (χ1) is 10.3. The second-order valence-corrected chi connectivity index (χ2v) is 6.40. The van der Waals surface area contributed by atoms with Gasteiger partial charge < -0.3 is 19.5 Å². The van der Waals surface area contributed by atoms with Crippen LogP contribution in [-0.4, -0.2) is 45.0 Å². The summed E-state index contributed by atoms with van der Waals surface area (Å²) in [5.41, 5.74) is 1.69. The number of benzene rings is 1. The minimum Gasteiger partial charge on any atom is -0.496 e. The van der Waals surface area contributed by atoms with Gasteiger partial charge in [-0.3, -0.25) is 4.90 Å². The van der Waals surface area contributed by atoms with Crippen molar-refractivity contribution in [3.63, 3.8) is 0 Å². The van der Waals surface area contributed by atoms with E-state index in [0.29, 0.717) is 12.2 Å². The quantitative estimate of drug-likeness (QED) is 0.916. The first kappa shape index (κ1) is 13.2. The topological polar surface area (TPSA) is 43.0 Å². The molecule has 0 aliphatic carbocycles. The van der Waals surface area contributed by atoms with Crippen molar-refractivity contribution in [3.05, 3.63) is 17.7 Å². The third-order valence-corrected chi connectivity index (χ3v) is 5.02. The molecule has 0 aromatic heterocycles. The van der Waals surface area contributed by atoms with Gasteiger partial charge in [0, 0.05) is 31.3 Å². The zero-order valence-electron chi connectivity index (χ0n) is 12.5. The van der Waals surface area contributed by atoms with Gasteiger partial charge in [0.2, 0.25) is 6.79 Å². The smallest absolute Gasteiger partial charge is 0.231 e. The molecule has 21 heavy (non-hydrogen) atoms. The van der Waals surface area contributed by atoms with E-state index in [1.54, 1.807) is 7.11 Å². The van der Waals surface area contributed by atoms with Crippen LogP contribution in [0.25, 0.3) is 0 Å². The lowest BCUT2D eigenvalue weighted by Gasteiger charge is -2.23. The van der Waals surface area contributed by atoms with E-state index in [9.17, 15) is 0 Å². The summed E-state index contributed by atoms with van der Waals surface area (Å²) in [6, 6.07) is 4.01. The minimum absolute atomic E-state index is 0.306. The van der Waals surface area contributed by atoms with Crippen LogP contribution in [0.15, 0.2) is 12.1 Å². The summed E-state index contributed by atoms with van der Waals surface area (Å²) in [6.07, 6.45) is 2.61. The van der Waals surface area contributed by atoms with Gasteiger partial charge in [0.05, 0.1) is 7.11 Å². The van der Waals surface area contributed by atoms with Crippen LogP contribution in [0.4, 0.5) is 0 Å². The maximum atomic E-state index is 5.52. The Balaban J connectivity index is 1.52. The molecule has 1 atom stereocenters. The van der Waals surface area contributed by atoms with Crippen molar-refractivity contribution in [2.24, 2.45) is 5.41 Å². The molecule has 0 bridgehead atoms. The van der Waals surface area contributed by atoms with E-state index in [1.165, 1.54) is 44.6 Å². The molecule has 5 nitrogen and oxygen atoms in total. The summed E-state index contributed by atoms with van der Waals surface area (Å²) >= 11 is 0. The van der Waals surface area contributed by atoms with E-state index >= 15 is 0 Å². The van der Waals surface area contributed by atoms with Gasteiger partial charge in [-0.25, -0.2) is 0 Å². The van der Waals surface area contributed by atoms with Crippen molar-refractivity contribution in [1.29, 1.82) is 0 Å². The summed E-state index contributed by atoms with van der Waals surface area (Å²) < 4.78 is 16.4. The molecule has 0 saturated carbocycles. The number of rotatable bonds is 3. The molecule has 0 amide bonds. The van der Waals surface area contributed by atoms with Crippen molar-refractivity contribution in [1.82, 2.24) is 10.2 Å². The maximum absolute atomic E-state index is 5.52. The third kappa shape index (κ3) is 2.34. The molecule has 1 N–H and O–H groups in total. The zero-order chi connectivity index (χ0) is 14.3. The average Bonchev–Trinajstić information content (AvgIpc) is 3.21. The predicted molar refractivity (Wildman–Crippen MR) is 78.9 cm³/mol. The lowest BCUT2D eigenvalue weighted by molar-refractivity contribution is 0.174. The van der Waals surface area contributed by atoms with Crippen LogP contribution in [-0.2, 0) is 6.54 Å². The van der Waals surface area contributed by atoms with Crippen molar-refractivity contribution < 1.29 is 14.2 Å². The van der Waals surface area contributed by atoms with Crippen LogP contribution in [0.2, 0.25) is 0 Å². The second kappa shape index (κ2) is 5.07. The van der Waals surface area contributed by atoms with Gasteiger partial charge >= 0.3 is 0 Å². The largest absolute Gasteiger partial charge is 0.496 e. The Labute approximate surface area is 125 Å². The van der Waals surface area contributed by atoms with Gasteiger partial charge in [-0.15, -0.1) is 0 Å². The zero-order valence-corrected chi connectivity index (χ0v) is 12.5. The number of methoxy groups -OCH3 is 1. The number of nitrogens with one attached hydrogen (secondary N) is 1. The molecule has 2 fully saturated rings. The average molecular weight is 290 g/mol. The normalized spacial score (nSPS) is 27.7. The molecule has 4 rings (SSSR count). The highest BCUT2D eigenvalue weighted by atomic mass is 16.7. The first-order valence-electron chi connectivity index (χ1n) is 7.68. The summed E-state index contributed by atoms with van der Waals surface area (Å²) in [5.74, 6) is 2.51. The second-order valence-electron chi connectivity index (χ2n) is 6.40. The molecule has 1 spiro atoms. The Kier molecular flexibility index (Phi) is 3.19. The van der Waals surface area contributed by atoms with Gasteiger partial charge in [-0.2, -0.15) is 0 Å². The van der Waals surface area contributed by atoms with Crippen molar-refractivity contribution in [2.75, 3.05) is 40.1 Å². The Bertz CT molecular complexity index is 541. The fraction of sp³-hybridized carbons (Fsp3) is 0.625. The highest BCUT2D eigenvalue weighted by Crippen LogP contribution is 2.41. The molecule has 1 aromatic rings. The summed E-state index contributed by atoms with van der Waals surface area (Å²) in [7, 11) is 1.72. The van der Waals surface area contributed by atoms with Crippen molar-refractivity contribution in [2.45, 2.75) is 19.4 Å². The number of hydrogen-bond acceptors (Lipinski definition) is 5. The van der Waals surface area contributed by atoms with E-state index in [2.05, 4.69) is 16.3 Å². The predicted octanol–water partition coefficient (Wildman–Crippen LogP) is 1.61. The lowest BCUT2D eigenvalue weighted by Crippen LogP contribution is -2.29. The number of likely N-dealkylation sites (tertiary alicyclic amines) is 1. The SMILES string of the molecule is COc1cc2c(cc1CN1CCC3(CCNC3)C1)OCO2. The van der Waals surface area contributed by atoms with E-state index in [4.69, 9.17) is 14.2 Å². The molecular formula is C16H22N2O3. The number of fused-ring (bicyclic) bond motifs is 1. The Morgan fingerprint density at radius 2 is 2.14 bits per heavy atom. The van der Waals surface area contributed by atoms with Gasteiger partial charge in [0.15, 0.2) is 11.5 Å². The number of ether oxygens (including phenoxy) is 3. The monoisotopic (exact) mass is 290 g/mol. The first-order valence-corrected chi connectivity index (χ1v) is 7.68. The van der Waals surface area contributed by atoms with E-state index < -0.39 is 0 Å². The lowest BCUT2D eigenvalue weighted by atomic mass is 9.86. The van der Waals surface area contributed by atoms with Gasteiger partial charge in [-0.1, -0.05) is 0 Å². The minimum atomic E-state index is 0.306. The highest BCUT2D eigenvalue weighted by molar-refractivity contribution is 5.51. The van der Waals surface area contributed by atoms with Crippen LogP contribution >= 0.6 is 0 Å². The van der Waals surface area contributed by atoms with Crippen LogP contribution in [0.3, 0.4) is 0 Å². The third-order valence-electron chi connectivity index (χ3n) is 5.02. The highest BCUT2D eigenvalue weighted by Gasteiger charge is 2.40. The van der Waals surface area contributed by atoms with Crippen LogP contribution in [0.1, 0.15) is 18.4 Å². The molecule has 2 saturated heterocycles. The number of nitrogens with zero attached hydrogens (tertiary/aromatic N) is 1. The van der Waals surface area contributed by atoms with E-state index in [1.807, 2.05) is 6.07 Å². The van der Waals surface area contributed by atoms with Gasteiger partial charge in [0.1, 0.15) is 5.75 Å². The molecule has 3 heterocycles.